The van der Waals surface area contributed by atoms with Crippen LogP contribution in [0.5, 0.6) is 0 Å². The molecule has 4 rings (SSSR count). The SMILES string of the molecule is COCCNC(=O)C1=Cc2[nH]c(-c3nn(C(C)(C)C)c4ncnc(N)c34)c(Cl)c2C(C)C1. The Balaban J connectivity index is 1.83. The van der Waals surface area contributed by atoms with Crippen molar-refractivity contribution in [3.63, 3.8) is 0 Å². The molecular weight excluding hydrogens is 430 g/mol. The summed E-state index contributed by atoms with van der Waals surface area (Å²) in [5.74, 6) is 0.290. The lowest BCUT2D eigenvalue weighted by Crippen LogP contribution is -2.29. The number of carbonyl (C=O) groups is 1. The molecule has 0 radical (unpaired) electrons. The number of halogens is 1. The average Bonchev–Trinajstić information content (AvgIpc) is 3.27. The molecule has 0 saturated heterocycles. The number of fused-ring (bicyclic) bond motifs is 2. The number of H-pyrrole nitrogens is 1. The van der Waals surface area contributed by atoms with Crippen molar-refractivity contribution >= 4 is 40.4 Å². The first-order valence-corrected chi connectivity index (χ1v) is 10.9. The Hall–Kier alpha value is -2.91. The summed E-state index contributed by atoms with van der Waals surface area (Å²) in [6.07, 6.45) is 3.88. The number of methoxy groups -OCH3 is 1. The molecule has 1 unspecified atom stereocenters. The van der Waals surface area contributed by atoms with Gasteiger partial charge in [0.25, 0.3) is 0 Å². The van der Waals surface area contributed by atoms with Crippen molar-refractivity contribution in [2.75, 3.05) is 26.0 Å². The Morgan fingerprint density at radius 1 is 1.41 bits per heavy atom. The molecule has 1 aliphatic carbocycles. The van der Waals surface area contributed by atoms with E-state index in [2.05, 4.69) is 27.2 Å². The second-order valence-corrected chi connectivity index (χ2v) is 9.43. The van der Waals surface area contributed by atoms with Gasteiger partial charge in [-0.1, -0.05) is 18.5 Å². The highest BCUT2D eigenvalue weighted by molar-refractivity contribution is 6.34. The summed E-state index contributed by atoms with van der Waals surface area (Å²) in [6, 6.07) is 0. The molecule has 9 nitrogen and oxygen atoms in total. The van der Waals surface area contributed by atoms with Gasteiger partial charge in [-0.15, -0.1) is 0 Å². The van der Waals surface area contributed by atoms with Gasteiger partial charge in [0, 0.05) is 24.9 Å². The van der Waals surface area contributed by atoms with Gasteiger partial charge in [-0.25, -0.2) is 14.6 Å². The number of aromatic nitrogens is 5. The van der Waals surface area contributed by atoms with Gasteiger partial charge < -0.3 is 20.8 Å². The predicted molar refractivity (Wildman–Crippen MR) is 125 cm³/mol. The molecule has 1 atom stereocenters. The quantitative estimate of drug-likeness (QED) is 0.504. The number of anilines is 1. The lowest BCUT2D eigenvalue weighted by molar-refractivity contribution is -0.117. The number of hydrogen-bond donors (Lipinski definition) is 3. The van der Waals surface area contributed by atoms with Crippen molar-refractivity contribution in [3.8, 4) is 11.4 Å². The summed E-state index contributed by atoms with van der Waals surface area (Å²) in [4.78, 5) is 24.6. The zero-order chi connectivity index (χ0) is 23.2. The molecule has 1 aliphatic rings. The molecule has 0 bridgehead atoms. The van der Waals surface area contributed by atoms with Gasteiger partial charge in [0.1, 0.15) is 17.8 Å². The monoisotopic (exact) mass is 457 g/mol. The molecule has 0 fully saturated rings. The maximum absolute atomic E-state index is 12.6. The van der Waals surface area contributed by atoms with Crippen LogP contribution in [0.2, 0.25) is 5.02 Å². The number of aromatic amines is 1. The number of hydrogen-bond acceptors (Lipinski definition) is 6. The number of nitrogen functional groups attached to an aromatic ring is 1. The van der Waals surface area contributed by atoms with Crippen LogP contribution < -0.4 is 11.1 Å². The fraction of sp³-hybridized carbons (Fsp3) is 0.455. The topological polar surface area (TPSA) is 124 Å². The zero-order valence-corrected chi connectivity index (χ0v) is 19.7. The largest absolute Gasteiger partial charge is 0.383 e. The van der Waals surface area contributed by atoms with Crippen molar-refractivity contribution in [2.24, 2.45) is 0 Å². The standard InChI is InChI=1S/C22H28ClN7O2/c1-11-8-12(21(31)25-6-7-32-5)9-13-14(11)16(23)18(28-13)17-15-19(24)26-10-27-20(15)30(29-17)22(2,3)4/h9-11,28H,6-8H2,1-5H3,(H,25,31)(H2,24,26,27). The Morgan fingerprint density at radius 3 is 2.84 bits per heavy atom. The van der Waals surface area contributed by atoms with Crippen LogP contribution in [0.4, 0.5) is 5.82 Å². The van der Waals surface area contributed by atoms with E-state index in [-0.39, 0.29) is 17.4 Å². The summed E-state index contributed by atoms with van der Waals surface area (Å²) in [5, 5.41) is 8.94. The van der Waals surface area contributed by atoms with Gasteiger partial charge >= 0.3 is 0 Å². The highest BCUT2D eigenvalue weighted by Crippen LogP contribution is 2.44. The molecule has 3 heterocycles. The van der Waals surface area contributed by atoms with E-state index in [0.29, 0.717) is 58.4 Å². The number of rotatable bonds is 5. The van der Waals surface area contributed by atoms with Gasteiger partial charge in [0.15, 0.2) is 5.65 Å². The molecule has 0 saturated carbocycles. The maximum atomic E-state index is 12.6. The van der Waals surface area contributed by atoms with Crippen LogP contribution in [0.3, 0.4) is 0 Å². The minimum Gasteiger partial charge on any atom is -0.383 e. The van der Waals surface area contributed by atoms with Crippen LogP contribution in [0.1, 0.15) is 51.3 Å². The number of carbonyl (C=O) groups excluding carboxylic acids is 1. The number of nitrogens with one attached hydrogen (secondary N) is 2. The first-order valence-electron chi connectivity index (χ1n) is 10.5. The highest BCUT2D eigenvalue weighted by atomic mass is 35.5. The molecule has 3 aromatic heterocycles. The van der Waals surface area contributed by atoms with E-state index in [0.717, 1.165) is 11.3 Å². The Labute approximate surface area is 191 Å². The fourth-order valence-corrected chi connectivity index (χ4v) is 4.51. The molecule has 32 heavy (non-hydrogen) atoms. The number of amides is 1. The third-order valence-electron chi connectivity index (χ3n) is 5.59. The van der Waals surface area contributed by atoms with E-state index in [9.17, 15) is 4.79 Å². The van der Waals surface area contributed by atoms with E-state index >= 15 is 0 Å². The first-order chi connectivity index (χ1) is 15.1. The Bertz CT molecular complexity index is 1220. The van der Waals surface area contributed by atoms with Crippen LogP contribution in [-0.2, 0) is 15.1 Å². The third kappa shape index (κ3) is 3.75. The van der Waals surface area contributed by atoms with Crippen LogP contribution in [0, 0.1) is 0 Å². The molecule has 4 N–H and O–H groups in total. The summed E-state index contributed by atoms with van der Waals surface area (Å²) in [7, 11) is 1.60. The Morgan fingerprint density at radius 2 is 2.16 bits per heavy atom. The Kier molecular flexibility index (Phi) is 5.72. The van der Waals surface area contributed by atoms with Gasteiger partial charge in [-0.2, -0.15) is 5.10 Å². The maximum Gasteiger partial charge on any atom is 0.247 e. The summed E-state index contributed by atoms with van der Waals surface area (Å²) < 4.78 is 6.84. The smallest absolute Gasteiger partial charge is 0.247 e. The number of nitrogens with two attached hydrogens (primary N) is 1. The summed E-state index contributed by atoms with van der Waals surface area (Å²) >= 11 is 6.87. The van der Waals surface area contributed by atoms with Gasteiger partial charge in [-0.05, 0) is 44.7 Å². The summed E-state index contributed by atoms with van der Waals surface area (Å²) in [5.41, 5.74) is 10.3. The second kappa shape index (κ2) is 8.22. The van der Waals surface area contributed by atoms with Crippen molar-refractivity contribution in [1.29, 1.82) is 0 Å². The molecular formula is C22H28ClN7O2. The fourth-order valence-electron chi connectivity index (χ4n) is 4.09. The molecule has 0 aliphatic heterocycles. The summed E-state index contributed by atoms with van der Waals surface area (Å²) in [6.45, 7) is 9.11. The number of ether oxygens (including phenoxy) is 1. The molecule has 0 spiro atoms. The zero-order valence-electron chi connectivity index (χ0n) is 18.9. The van der Waals surface area contributed by atoms with Gasteiger partial charge in [0.05, 0.1) is 28.2 Å². The molecule has 1 amide bonds. The first kappa shape index (κ1) is 22.3. The lowest BCUT2D eigenvalue weighted by atomic mass is 9.87. The predicted octanol–water partition coefficient (Wildman–Crippen LogP) is 3.47. The van der Waals surface area contributed by atoms with E-state index < -0.39 is 0 Å². The van der Waals surface area contributed by atoms with Crippen LogP contribution in [0.25, 0.3) is 28.5 Å². The average molecular weight is 458 g/mol. The van der Waals surface area contributed by atoms with Gasteiger partial charge in [-0.3, -0.25) is 4.79 Å². The minimum absolute atomic E-state index is 0.0558. The van der Waals surface area contributed by atoms with Crippen LogP contribution in [-0.4, -0.2) is 50.9 Å². The van der Waals surface area contributed by atoms with E-state index in [4.69, 9.17) is 27.2 Å². The molecule has 3 aromatic rings. The van der Waals surface area contributed by atoms with Crippen LogP contribution >= 0.6 is 11.6 Å². The molecule has 170 valence electrons. The van der Waals surface area contributed by atoms with Crippen molar-refractivity contribution < 1.29 is 9.53 Å². The van der Waals surface area contributed by atoms with Crippen molar-refractivity contribution in [1.82, 2.24) is 30.0 Å². The second-order valence-electron chi connectivity index (χ2n) is 9.05. The van der Waals surface area contributed by atoms with E-state index in [1.165, 1.54) is 6.33 Å². The molecule has 10 heteroatoms. The van der Waals surface area contributed by atoms with E-state index in [1.807, 2.05) is 31.5 Å². The van der Waals surface area contributed by atoms with Crippen molar-refractivity contribution in [2.45, 2.75) is 45.6 Å². The van der Waals surface area contributed by atoms with Gasteiger partial charge in [0.2, 0.25) is 5.91 Å². The number of nitrogens with zero attached hydrogens (tertiary/aromatic N) is 4. The minimum atomic E-state index is -0.323. The van der Waals surface area contributed by atoms with Crippen LogP contribution in [0.15, 0.2) is 11.9 Å². The van der Waals surface area contributed by atoms with Crippen molar-refractivity contribution in [3.05, 3.63) is 28.2 Å². The van der Waals surface area contributed by atoms with E-state index in [1.54, 1.807) is 7.11 Å². The highest BCUT2D eigenvalue weighted by Gasteiger charge is 2.31. The lowest BCUT2D eigenvalue weighted by Gasteiger charge is -2.20. The molecule has 0 aromatic carbocycles. The third-order valence-corrected chi connectivity index (χ3v) is 5.99. The normalized spacial score (nSPS) is 16.2.